The van der Waals surface area contributed by atoms with Crippen LogP contribution in [0, 0.1) is 27.7 Å². The Balaban J connectivity index is 0.000000334. The Morgan fingerprint density at radius 1 is 0.686 bits per heavy atom. The summed E-state index contributed by atoms with van der Waals surface area (Å²) in [6.45, 7) is 7.71. The molecule has 0 radical (unpaired) electrons. The molecule has 2 aromatic carbocycles. The van der Waals surface area contributed by atoms with Gasteiger partial charge in [0.15, 0.2) is 5.16 Å². The molecule has 0 bridgehead atoms. The number of aromatic nitrogens is 6. The van der Waals surface area contributed by atoms with E-state index >= 15 is 0 Å². The molecule has 4 heterocycles. The van der Waals surface area contributed by atoms with E-state index in [1.807, 2.05) is 45.9 Å². The summed E-state index contributed by atoms with van der Waals surface area (Å²) < 4.78 is 46.5. The van der Waals surface area contributed by atoms with Gasteiger partial charge in [-0.05, 0) is 63.0 Å². The number of nitrogens with one attached hydrogen (secondary N) is 1. The van der Waals surface area contributed by atoms with Gasteiger partial charge in [-0.2, -0.15) is 27.0 Å². The molecular weight excluding hydrogens is 729 g/mol. The number of hydrogen-bond donors (Lipinski definition) is 1. The van der Waals surface area contributed by atoms with Gasteiger partial charge in [-0.15, -0.1) is 0 Å². The van der Waals surface area contributed by atoms with Crippen LogP contribution in [0.5, 0.6) is 23.0 Å². The Morgan fingerprint density at radius 3 is 1.76 bits per heavy atom. The topological polar surface area (TPSA) is 153 Å². The lowest BCUT2D eigenvalue weighted by molar-refractivity contribution is 0.407. The molecule has 0 aliphatic heterocycles. The first-order chi connectivity index (χ1) is 23.1. The third kappa shape index (κ3) is 9.61. The van der Waals surface area contributed by atoms with E-state index < -0.39 is 21.6 Å². The van der Waals surface area contributed by atoms with Crippen LogP contribution in [0.1, 0.15) is 41.1 Å². The summed E-state index contributed by atoms with van der Waals surface area (Å²) >= 11 is 0. The van der Waals surface area contributed by atoms with Crippen LogP contribution < -0.4 is 23.9 Å². The lowest BCUT2D eigenvalue weighted by Gasteiger charge is -2.12. The third-order valence-corrected chi connectivity index (χ3v) is 10.0. The molecule has 0 saturated carbocycles. The number of ether oxygens (including phenoxy) is 4. The number of methoxy groups -OCH3 is 4. The predicted octanol–water partition coefficient (Wildman–Crippen LogP) is 6.29. The molecule has 16 heteroatoms. The molecule has 0 saturated heterocycles. The second-order valence-corrected chi connectivity index (χ2v) is 13.6. The number of aromatic amines is 1. The summed E-state index contributed by atoms with van der Waals surface area (Å²) in [5, 5.41) is 0.734. The third-order valence-electron chi connectivity index (χ3n) is 7.74. The van der Waals surface area contributed by atoms with Crippen LogP contribution in [0.25, 0.3) is 22.1 Å². The molecule has 4 aromatic heterocycles. The van der Waals surface area contributed by atoms with Crippen LogP contribution in [-0.4, -0.2) is 61.8 Å². The van der Waals surface area contributed by atoms with Gasteiger partial charge in [0.1, 0.15) is 23.0 Å². The number of nitrogens with zero attached hydrogens (tertiary/aromatic N) is 5. The maximum Gasteiger partial charge on any atom is 0.197 e. The number of imidazole rings is 2. The average Bonchev–Trinajstić information content (AvgIpc) is 3.72. The SMILES string of the molecule is C.COc1ccc2[n-]c([S@@](=O)Cc3ncc(C)c(OC)c3C)nc2c1.COc1ccc2nc([S@@](=O)Cc3ncc(C)c(OC)c3C)[nH]c2c1.S.S. The highest BCUT2D eigenvalue weighted by atomic mass is 32.2. The summed E-state index contributed by atoms with van der Waals surface area (Å²) in [4.78, 5) is 25.0. The summed E-state index contributed by atoms with van der Waals surface area (Å²) in [7, 11) is 3.74. The first-order valence-electron chi connectivity index (χ1n) is 14.8. The van der Waals surface area contributed by atoms with Crippen LogP contribution in [0.15, 0.2) is 59.1 Å². The van der Waals surface area contributed by atoms with Crippen LogP contribution in [0.4, 0.5) is 0 Å². The minimum Gasteiger partial charge on any atom is -0.497 e. The van der Waals surface area contributed by atoms with Crippen molar-refractivity contribution in [3.8, 4) is 23.0 Å². The maximum absolute atomic E-state index is 12.7. The zero-order chi connectivity index (χ0) is 34.5. The molecule has 51 heavy (non-hydrogen) atoms. The fourth-order valence-electron chi connectivity index (χ4n) is 5.16. The molecular formula is C35H45N6O6S4-. The quantitative estimate of drug-likeness (QED) is 0.167. The summed E-state index contributed by atoms with van der Waals surface area (Å²) in [6.07, 6.45) is 3.47. The van der Waals surface area contributed by atoms with Crippen molar-refractivity contribution < 1.29 is 27.4 Å². The molecule has 6 rings (SSSR count). The van der Waals surface area contributed by atoms with Gasteiger partial charge < -0.3 is 33.9 Å². The van der Waals surface area contributed by atoms with E-state index in [0.717, 1.165) is 61.9 Å². The Bertz CT molecular complexity index is 2000. The minimum absolute atomic E-state index is 0. The first kappa shape index (κ1) is 43.0. The molecule has 1 N–H and O–H groups in total. The summed E-state index contributed by atoms with van der Waals surface area (Å²) in [5.74, 6) is 3.50. The van der Waals surface area contributed by atoms with E-state index in [-0.39, 0.29) is 45.9 Å². The number of benzene rings is 2. The van der Waals surface area contributed by atoms with Gasteiger partial charge in [0.2, 0.25) is 0 Å². The lowest BCUT2D eigenvalue weighted by Crippen LogP contribution is -2.05. The number of pyridine rings is 2. The van der Waals surface area contributed by atoms with Crippen molar-refractivity contribution in [2.75, 3.05) is 28.4 Å². The van der Waals surface area contributed by atoms with Gasteiger partial charge in [-0.1, -0.05) is 13.5 Å². The van der Waals surface area contributed by atoms with E-state index in [9.17, 15) is 8.42 Å². The Kier molecular flexibility index (Phi) is 16.0. The highest BCUT2D eigenvalue weighted by Gasteiger charge is 2.17. The molecule has 0 unspecified atom stereocenters. The van der Waals surface area contributed by atoms with E-state index in [0.29, 0.717) is 27.1 Å². The lowest BCUT2D eigenvalue weighted by atomic mass is 10.1. The van der Waals surface area contributed by atoms with Crippen molar-refractivity contribution in [2.45, 2.75) is 56.9 Å². The van der Waals surface area contributed by atoms with Crippen molar-refractivity contribution in [2.24, 2.45) is 0 Å². The molecule has 2 atom stereocenters. The zero-order valence-electron chi connectivity index (χ0n) is 29.0. The Hall–Kier alpha value is -4.12. The van der Waals surface area contributed by atoms with E-state index in [2.05, 4.69) is 29.9 Å². The van der Waals surface area contributed by atoms with Crippen LogP contribution >= 0.6 is 27.0 Å². The zero-order valence-corrected chi connectivity index (χ0v) is 32.7. The maximum atomic E-state index is 12.7. The van der Waals surface area contributed by atoms with Crippen LogP contribution in [0.2, 0.25) is 0 Å². The molecule has 12 nitrogen and oxygen atoms in total. The van der Waals surface area contributed by atoms with Crippen molar-refractivity contribution in [1.29, 1.82) is 0 Å². The largest absolute Gasteiger partial charge is 0.497 e. The fraction of sp³-hybridized carbons (Fsp3) is 0.314. The highest BCUT2D eigenvalue weighted by Crippen LogP contribution is 2.28. The number of aryl methyl sites for hydroxylation is 2. The Labute approximate surface area is 317 Å². The molecule has 6 aromatic rings. The van der Waals surface area contributed by atoms with E-state index in [1.165, 1.54) is 0 Å². The van der Waals surface area contributed by atoms with Crippen molar-refractivity contribution >= 4 is 70.7 Å². The van der Waals surface area contributed by atoms with Gasteiger partial charge in [-0.25, -0.2) is 4.98 Å². The molecule has 0 amide bonds. The first-order valence-corrected chi connectivity index (χ1v) is 17.5. The van der Waals surface area contributed by atoms with Crippen LogP contribution in [-0.2, 0) is 33.1 Å². The highest BCUT2D eigenvalue weighted by molar-refractivity contribution is 7.84. The predicted molar refractivity (Wildman–Crippen MR) is 213 cm³/mol. The van der Waals surface area contributed by atoms with E-state index in [1.54, 1.807) is 59.0 Å². The molecule has 0 fully saturated rings. The van der Waals surface area contributed by atoms with Crippen molar-refractivity contribution in [1.82, 2.24) is 29.9 Å². The summed E-state index contributed by atoms with van der Waals surface area (Å²) in [5.41, 5.74) is 8.10. The monoisotopic (exact) mass is 773 g/mol. The van der Waals surface area contributed by atoms with Gasteiger partial charge in [0, 0.05) is 45.9 Å². The van der Waals surface area contributed by atoms with Gasteiger partial charge >= 0.3 is 0 Å². The van der Waals surface area contributed by atoms with Crippen LogP contribution in [0.3, 0.4) is 0 Å². The van der Waals surface area contributed by atoms with Gasteiger partial charge in [0.05, 0.1) is 84.0 Å². The molecule has 276 valence electrons. The van der Waals surface area contributed by atoms with Crippen molar-refractivity contribution in [3.05, 3.63) is 82.4 Å². The molecule has 0 spiro atoms. The number of fused-ring (bicyclic) bond motifs is 2. The molecule has 0 aliphatic rings. The minimum atomic E-state index is -1.38. The number of H-pyrrole nitrogens is 1. The number of hydrogen-bond acceptors (Lipinski definition) is 10. The standard InChI is InChI=1S/C17H19N3O3S.C17H18N3O3S.CH4.2H2S/c2*1-10-8-18-15(11(2)16(10)23-4)9-24(21)17-19-13-6-5-12(22-3)7-14(13)20-17;;;/h5-8H,9H2,1-4H3,(H,19,20);5-8H,9H2,1-4H3;1H4;2*1H2/q;-1;;;/t2*24-;;;/m00.../s1. The normalized spacial score (nSPS) is 11.6. The van der Waals surface area contributed by atoms with Gasteiger partial charge in [-0.3, -0.25) is 18.4 Å². The Morgan fingerprint density at radius 2 is 1.22 bits per heavy atom. The van der Waals surface area contributed by atoms with Crippen molar-refractivity contribution in [3.63, 3.8) is 0 Å². The second kappa shape index (κ2) is 18.9. The average molecular weight is 774 g/mol. The van der Waals surface area contributed by atoms with Gasteiger partial charge in [0.25, 0.3) is 0 Å². The van der Waals surface area contributed by atoms with E-state index in [4.69, 9.17) is 18.9 Å². The fourth-order valence-corrected chi connectivity index (χ4v) is 7.33. The number of rotatable bonds is 10. The molecule has 0 aliphatic carbocycles. The smallest absolute Gasteiger partial charge is 0.197 e. The second-order valence-electron chi connectivity index (χ2n) is 10.9. The summed E-state index contributed by atoms with van der Waals surface area (Å²) in [6, 6.07) is 10.9.